The molecule has 0 unspecified atom stereocenters. The third kappa shape index (κ3) is 8.82. The Balaban J connectivity index is 0.00000576. The number of rotatable bonds is 8. The first-order chi connectivity index (χ1) is 11.3. The van der Waals surface area contributed by atoms with Gasteiger partial charge < -0.3 is 10.6 Å². The molecular weight excluding hydrogens is 458 g/mol. The Morgan fingerprint density at radius 3 is 2.52 bits per heavy atom. The Bertz CT molecular complexity index is 668. The predicted molar refractivity (Wildman–Crippen MR) is 111 cm³/mol. The highest BCUT2D eigenvalue weighted by Gasteiger charge is 2.13. The summed E-state index contributed by atoms with van der Waals surface area (Å²) in [5, 5.41) is 6.29. The summed E-state index contributed by atoms with van der Waals surface area (Å²) >= 11 is 0. The molecule has 9 heteroatoms. The molecule has 1 aromatic rings. The van der Waals surface area contributed by atoms with Crippen molar-refractivity contribution >= 4 is 40.0 Å². The van der Waals surface area contributed by atoms with E-state index >= 15 is 0 Å². The van der Waals surface area contributed by atoms with Crippen LogP contribution in [0.2, 0.25) is 0 Å². The van der Waals surface area contributed by atoms with E-state index in [0.29, 0.717) is 44.1 Å². The van der Waals surface area contributed by atoms with Crippen molar-refractivity contribution in [3.8, 4) is 0 Å². The van der Waals surface area contributed by atoms with E-state index < -0.39 is 10.0 Å². The van der Waals surface area contributed by atoms with Gasteiger partial charge in [0.25, 0.3) is 0 Å². The fraction of sp³-hybridized carbons (Fsp3) is 0.562. The van der Waals surface area contributed by atoms with Gasteiger partial charge in [0, 0.05) is 33.2 Å². The Labute approximate surface area is 167 Å². The molecule has 1 aromatic carbocycles. The van der Waals surface area contributed by atoms with E-state index in [9.17, 15) is 12.8 Å². The normalized spacial score (nSPS) is 12.0. The number of aliphatic imine (C=N–C) groups is 1. The van der Waals surface area contributed by atoms with E-state index in [0.717, 1.165) is 5.56 Å². The summed E-state index contributed by atoms with van der Waals surface area (Å²) in [6.07, 6.45) is 1.90. The average molecular weight is 486 g/mol. The summed E-state index contributed by atoms with van der Waals surface area (Å²) in [5.74, 6) is 0.409. The minimum atomic E-state index is -3.15. The van der Waals surface area contributed by atoms with Crippen LogP contribution < -0.4 is 10.6 Å². The first kappa shape index (κ1) is 24.1. The van der Waals surface area contributed by atoms with E-state index in [-0.39, 0.29) is 29.8 Å². The summed E-state index contributed by atoms with van der Waals surface area (Å²) in [6.45, 7) is 5.62. The molecule has 2 N–H and O–H groups in total. The Morgan fingerprint density at radius 1 is 1.32 bits per heavy atom. The van der Waals surface area contributed by atoms with Crippen LogP contribution in [0, 0.1) is 12.7 Å². The molecule has 0 saturated heterocycles. The van der Waals surface area contributed by atoms with Crippen molar-refractivity contribution in [2.24, 2.45) is 4.99 Å². The van der Waals surface area contributed by atoms with Crippen LogP contribution in [0.15, 0.2) is 23.2 Å². The number of hydrogen-bond acceptors (Lipinski definition) is 3. The van der Waals surface area contributed by atoms with Gasteiger partial charge in [-0.05, 0) is 30.5 Å². The summed E-state index contributed by atoms with van der Waals surface area (Å²) in [7, 11) is -1.48. The van der Waals surface area contributed by atoms with Gasteiger partial charge in [-0.1, -0.05) is 19.1 Å². The molecular formula is C16H28FIN4O2S. The van der Waals surface area contributed by atoms with Gasteiger partial charge in [0.05, 0.1) is 6.26 Å². The van der Waals surface area contributed by atoms with Gasteiger partial charge in [0.1, 0.15) is 5.82 Å². The van der Waals surface area contributed by atoms with Crippen LogP contribution in [0.5, 0.6) is 0 Å². The SMILES string of the molecule is CCN(CCCNC(=NC)NCc1ccc(F)c(C)c1)S(C)(=O)=O.I. The topological polar surface area (TPSA) is 73.8 Å². The molecule has 0 aliphatic carbocycles. The number of nitrogens with one attached hydrogen (secondary N) is 2. The van der Waals surface area contributed by atoms with Crippen LogP contribution in [-0.2, 0) is 16.6 Å². The second kappa shape index (κ2) is 11.6. The molecule has 144 valence electrons. The van der Waals surface area contributed by atoms with Gasteiger partial charge in [-0.25, -0.2) is 17.1 Å². The third-order valence-corrected chi connectivity index (χ3v) is 4.98. The first-order valence-electron chi connectivity index (χ1n) is 7.92. The van der Waals surface area contributed by atoms with Crippen LogP contribution in [0.4, 0.5) is 4.39 Å². The number of guanidine groups is 1. The van der Waals surface area contributed by atoms with Gasteiger partial charge in [-0.3, -0.25) is 4.99 Å². The fourth-order valence-electron chi connectivity index (χ4n) is 2.24. The standard InChI is InChI=1S/C16H27FN4O2S.HI/c1-5-21(24(4,22)23)10-6-9-19-16(18-3)20-12-14-7-8-15(17)13(2)11-14;/h7-8,11H,5-6,9-10,12H2,1-4H3,(H2,18,19,20);1H. The molecule has 0 aromatic heterocycles. The lowest BCUT2D eigenvalue weighted by molar-refractivity contribution is 0.424. The number of sulfonamides is 1. The lowest BCUT2D eigenvalue weighted by Crippen LogP contribution is -2.39. The maximum Gasteiger partial charge on any atom is 0.211 e. The summed E-state index contributed by atoms with van der Waals surface area (Å²) in [5.41, 5.74) is 1.57. The van der Waals surface area contributed by atoms with Gasteiger partial charge in [0.15, 0.2) is 5.96 Å². The largest absolute Gasteiger partial charge is 0.356 e. The lowest BCUT2D eigenvalue weighted by Gasteiger charge is -2.18. The minimum Gasteiger partial charge on any atom is -0.356 e. The first-order valence-corrected chi connectivity index (χ1v) is 9.77. The van der Waals surface area contributed by atoms with Crippen LogP contribution in [-0.4, -0.2) is 51.6 Å². The van der Waals surface area contributed by atoms with Crippen LogP contribution in [0.3, 0.4) is 0 Å². The van der Waals surface area contributed by atoms with E-state index in [1.54, 1.807) is 26.1 Å². The van der Waals surface area contributed by atoms with Crippen molar-refractivity contribution in [3.05, 3.63) is 35.1 Å². The quantitative estimate of drug-likeness (QED) is 0.256. The number of benzene rings is 1. The van der Waals surface area contributed by atoms with Gasteiger partial charge >= 0.3 is 0 Å². The highest BCUT2D eigenvalue weighted by Crippen LogP contribution is 2.08. The smallest absolute Gasteiger partial charge is 0.211 e. The molecule has 0 bridgehead atoms. The van der Waals surface area contributed by atoms with Gasteiger partial charge in [-0.15, -0.1) is 24.0 Å². The maximum atomic E-state index is 13.2. The average Bonchev–Trinajstić information content (AvgIpc) is 2.52. The zero-order chi connectivity index (χ0) is 18.2. The fourth-order valence-corrected chi connectivity index (χ4v) is 3.17. The van der Waals surface area contributed by atoms with E-state index in [4.69, 9.17) is 0 Å². The molecule has 0 amide bonds. The van der Waals surface area contributed by atoms with Crippen molar-refractivity contribution < 1.29 is 12.8 Å². The van der Waals surface area contributed by atoms with E-state index in [2.05, 4.69) is 15.6 Å². The summed E-state index contributed by atoms with van der Waals surface area (Å²) < 4.78 is 37.7. The van der Waals surface area contributed by atoms with E-state index in [1.807, 2.05) is 6.92 Å². The predicted octanol–water partition coefficient (Wildman–Crippen LogP) is 2.09. The van der Waals surface area contributed by atoms with Crippen LogP contribution in [0.25, 0.3) is 0 Å². The summed E-state index contributed by atoms with van der Waals surface area (Å²) in [4.78, 5) is 4.12. The van der Waals surface area contributed by atoms with Crippen LogP contribution in [0.1, 0.15) is 24.5 Å². The molecule has 25 heavy (non-hydrogen) atoms. The Morgan fingerprint density at radius 2 is 2.00 bits per heavy atom. The zero-order valence-electron chi connectivity index (χ0n) is 15.2. The number of halogens is 2. The Kier molecular flexibility index (Phi) is 11.2. The second-order valence-corrected chi connectivity index (χ2v) is 7.53. The molecule has 0 aliphatic heterocycles. The van der Waals surface area contributed by atoms with Crippen LogP contribution >= 0.6 is 24.0 Å². The monoisotopic (exact) mass is 486 g/mol. The zero-order valence-corrected chi connectivity index (χ0v) is 18.3. The minimum absolute atomic E-state index is 0. The van der Waals surface area contributed by atoms with Crippen molar-refractivity contribution in [1.29, 1.82) is 0 Å². The van der Waals surface area contributed by atoms with Crippen molar-refractivity contribution in [3.63, 3.8) is 0 Å². The van der Waals surface area contributed by atoms with Crippen molar-refractivity contribution in [1.82, 2.24) is 14.9 Å². The maximum absolute atomic E-state index is 13.2. The van der Waals surface area contributed by atoms with Gasteiger partial charge in [0.2, 0.25) is 10.0 Å². The molecule has 0 radical (unpaired) electrons. The van der Waals surface area contributed by atoms with Crippen molar-refractivity contribution in [2.45, 2.75) is 26.8 Å². The number of nitrogens with zero attached hydrogens (tertiary/aromatic N) is 2. The summed E-state index contributed by atoms with van der Waals surface area (Å²) in [6, 6.07) is 4.97. The van der Waals surface area contributed by atoms with E-state index in [1.165, 1.54) is 16.6 Å². The molecule has 0 saturated carbocycles. The number of hydrogen-bond donors (Lipinski definition) is 2. The second-order valence-electron chi connectivity index (χ2n) is 5.54. The molecule has 0 heterocycles. The molecule has 1 rings (SSSR count). The highest BCUT2D eigenvalue weighted by molar-refractivity contribution is 14.0. The molecule has 0 atom stereocenters. The molecule has 0 aliphatic rings. The van der Waals surface area contributed by atoms with Crippen molar-refractivity contribution in [2.75, 3.05) is 32.9 Å². The number of aryl methyl sites for hydroxylation is 1. The Hall–Kier alpha value is -0.940. The molecule has 0 fully saturated rings. The highest BCUT2D eigenvalue weighted by atomic mass is 127. The third-order valence-electron chi connectivity index (χ3n) is 3.60. The molecule has 0 spiro atoms. The lowest BCUT2D eigenvalue weighted by atomic mass is 10.1. The van der Waals surface area contributed by atoms with Gasteiger partial charge in [-0.2, -0.15) is 0 Å². The molecule has 6 nitrogen and oxygen atoms in total.